The van der Waals surface area contributed by atoms with Gasteiger partial charge in [-0.05, 0) is 17.7 Å². The van der Waals surface area contributed by atoms with Crippen molar-refractivity contribution in [2.45, 2.75) is 18.9 Å². The molecule has 1 unspecified atom stereocenters. The van der Waals surface area contributed by atoms with E-state index in [1.54, 1.807) is 6.07 Å². The normalized spacial score (nSPS) is 21.4. The summed E-state index contributed by atoms with van der Waals surface area (Å²) in [6.45, 7) is 0.612. The molecule has 1 saturated heterocycles. The Kier molecular flexibility index (Phi) is 4.28. The van der Waals surface area contributed by atoms with E-state index in [4.69, 9.17) is 0 Å². The number of piperazine rings is 1. The second-order valence-electron chi connectivity index (χ2n) is 5.71. The third kappa shape index (κ3) is 2.99. The van der Waals surface area contributed by atoms with E-state index in [2.05, 4.69) is 10.4 Å². The SMILES string of the molecule is CN1N=C(C(=O)N2CCNC(=O)C2c2cccc(F)c2)CCC1=O. The quantitative estimate of drug-likeness (QED) is 0.853. The van der Waals surface area contributed by atoms with E-state index in [0.29, 0.717) is 18.7 Å². The highest BCUT2D eigenvalue weighted by molar-refractivity contribution is 6.39. The van der Waals surface area contributed by atoms with Crippen LogP contribution in [0.15, 0.2) is 29.4 Å². The molecule has 1 N–H and O–H groups in total. The van der Waals surface area contributed by atoms with Gasteiger partial charge in [0.15, 0.2) is 0 Å². The van der Waals surface area contributed by atoms with Gasteiger partial charge in [0.2, 0.25) is 11.8 Å². The maximum atomic E-state index is 13.5. The third-order valence-corrected chi connectivity index (χ3v) is 4.09. The van der Waals surface area contributed by atoms with Crippen molar-refractivity contribution in [1.29, 1.82) is 0 Å². The van der Waals surface area contributed by atoms with Crippen molar-refractivity contribution >= 4 is 23.4 Å². The monoisotopic (exact) mass is 332 g/mol. The number of hydrogen-bond acceptors (Lipinski definition) is 4. The van der Waals surface area contributed by atoms with Crippen LogP contribution in [0, 0.1) is 5.82 Å². The molecule has 126 valence electrons. The molecule has 8 heteroatoms. The molecular formula is C16H17FN4O3. The average molecular weight is 332 g/mol. The standard InChI is InChI=1S/C16H17FN4O3/c1-20-13(22)6-5-12(19-20)16(24)21-8-7-18-15(23)14(21)10-3-2-4-11(17)9-10/h2-4,9,14H,5-8H2,1H3,(H,18,23). The lowest BCUT2D eigenvalue weighted by Crippen LogP contribution is -2.54. The summed E-state index contributed by atoms with van der Waals surface area (Å²) in [6.07, 6.45) is 0.432. The van der Waals surface area contributed by atoms with Crippen molar-refractivity contribution < 1.29 is 18.8 Å². The van der Waals surface area contributed by atoms with E-state index < -0.39 is 17.8 Å². The summed E-state index contributed by atoms with van der Waals surface area (Å²) in [4.78, 5) is 38.0. The molecule has 2 heterocycles. The molecule has 3 rings (SSSR count). The first kappa shape index (κ1) is 16.1. The molecule has 24 heavy (non-hydrogen) atoms. The number of nitrogens with zero attached hydrogens (tertiary/aromatic N) is 3. The lowest BCUT2D eigenvalue weighted by atomic mass is 10.0. The van der Waals surface area contributed by atoms with Gasteiger partial charge in [0.1, 0.15) is 17.6 Å². The highest BCUT2D eigenvalue weighted by Crippen LogP contribution is 2.25. The van der Waals surface area contributed by atoms with Gasteiger partial charge >= 0.3 is 0 Å². The van der Waals surface area contributed by atoms with Crippen LogP contribution >= 0.6 is 0 Å². The van der Waals surface area contributed by atoms with Crippen molar-refractivity contribution in [3.8, 4) is 0 Å². The van der Waals surface area contributed by atoms with Crippen molar-refractivity contribution in [3.63, 3.8) is 0 Å². The van der Waals surface area contributed by atoms with Crippen LogP contribution in [0.1, 0.15) is 24.4 Å². The van der Waals surface area contributed by atoms with Gasteiger partial charge in [-0.3, -0.25) is 14.4 Å². The number of benzene rings is 1. The molecule has 2 aliphatic rings. The maximum absolute atomic E-state index is 13.5. The third-order valence-electron chi connectivity index (χ3n) is 4.09. The zero-order chi connectivity index (χ0) is 17.3. The number of halogens is 1. The molecule has 1 fully saturated rings. The lowest BCUT2D eigenvalue weighted by molar-refractivity contribution is -0.139. The van der Waals surface area contributed by atoms with Crippen LogP contribution in [0.25, 0.3) is 0 Å². The number of carbonyl (C=O) groups is 3. The van der Waals surface area contributed by atoms with E-state index in [-0.39, 0.29) is 30.4 Å². The van der Waals surface area contributed by atoms with Gasteiger partial charge in [-0.1, -0.05) is 12.1 Å². The fourth-order valence-electron chi connectivity index (χ4n) is 2.88. The fourth-order valence-corrected chi connectivity index (χ4v) is 2.88. The van der Waals surface area contributed by atoms with Gasteiger partial charge in [0.25, 0.3) is 5.91 Å². The van der Waals surface area contributed by atoms with Crippen LogP contribution in [0.3, 0.4) is 0 Å². The zero-order valence-corrected chi connectivity index (χ0v) is 13.2. The first-order chi connectivity index (χ1) is 11.5. The minimum absolute atomic E-state index is 0.162. The Morgan fingerprint density at radius 2 is 2.12 bits per heavy atom. The van der Waals surface area contributed by atoms with Gasteiger partial charge in [0, 0.05) is 33.0 Å². The van der Waals surface area contributed by atoms with Crippen LogP contribution in [0.2, 0.25) is 0 Å². The van der Waals surface area contributed by atoms with Crippen molar-refractivity contribution in [2.75, 3.05) is 20.1 Å². The number of hydrogen-bond donors (Lipinski definition) is 1. The Labute approximate surface area is 138 Å². The topological polar surface area (TPSA) is 82.1 Å². The van der Waals surface area contributed by atoms with Crippen molar-refractivity contribution in [1.82, 2.24) is 15.2 Å². The molecule has 1 atom stereocenters. The van der Waals surface area contributed by atoms with Gasteiger partial charge in [0.05, 0.1) is 0 Å². The molecule has 0 saturated carbocycles. The summed E-state index contributed by atoms with van der Waals surface area (Å²) in [5.74, 6) is -1.40. The second-order valence-corrected chi connectivity index (χ2v) is 5.71. The predicted octanol–water partition coefficient (Wildman–Crippen LogP) is 0.433. The number of rotatable bonds is 2. The first-order valence-corrected chi connectivity index (χ1v) is 7.65. The van der Waals surface area contributed by atoms with E-state index in [0.717, 1.165) is 5.01 Å². The summed E-state index contributed by atoms with van der Waals surface area (Å²) in [6, 6.07) is 4.72. The molecule has 1 aromatic carbocycles. The van der Waals surface area contributed by atoms with Gasteiger partial charge < -0.3 is 10.2 Å². The zero-order valence-electron chi connectivity index (χ0n) is 13.2. The minimum Gasteiger partial charge on any atom is -0.352 e. The highest BCUT2D eigenvalue weighted by atomic mass is 19.1. The molecule has 7 nitrogen and oxygen atoms in total. The molecule has 0 radical (unpaired) electrons. The summed E-state index contributed by atoms with van der Waals surface area (Å²) < 4.78 is 13.5. The Balaban J connectivity index is 1.92. The summed E-state index contributed by atoms with van der Waals surface area (Å²) in [5.41, 5.74) is 0.634. The number of carbonyl (C=O) groups excluding carboxylic acids is 3. The number of amides is 3. The van der Waals surface area contributed by atoms with Gasteiger partial charge in [-0.2, -0.15) is 5.10 Å². The van der Waals surface area contributed by atoms with Crippen molar-refractivity contribution in [3.05, 3.63) is 35.6 Å². The van der Waals surface area contributed by atoms with E-state index in [1.165, 1.54) is 30.1 Å². The minimum atomic E-state index is -0.910. The summed E-state index contributed by atoms with van der Waals surface area (Å²) in [7, 11) is 1.49. The molecular weight excluding hydrogens is 315 g/mol. The Bertz CT molecular complexity index is 734. The predicted molar refractivity (Wildman–Crippen MR) is 83.3 cm³/mol. The molecule has 0 spiro atoms. The van der Waals surface area contributed by atoms with Crippen LogP contribution in [-0.4, -0.2) is 53.5 Å². The van der Waals surface area contributed by atoms with Crippen LogP contribution in [-0.2, 0) is 14.4 Å². The van der Waals surface area contributed by atoms with E-state index >= 15 is 0 Å². The fraction of sp³-hybridized carbons (Fsp3) is 0.375. The summed E-state index contributed by atoms with van der Waals surface area (Å²) >= 11 is 0. The largest absolute Gasteiger partial charge is 0.352 e. The smallest absolute Gasteiger partial charge is 0.271 e. The molecule has 3 amide bonds. The van der Waals surface area contributed by atoms with Crippen LogP contribution in [0.4, 0.5) is 4.39 Å². The number of hydrazone groups is 1. The second kappa shape index (κ2) is 6.38. The first-order valence-electron chi connectivity index (χ1n) is 7.65. The molecule has 1 aromatic rings. The maximum Gasteiger partial charge on any atom is 0.271 e. The molecule has 2 aliphatic heterocycles. The van der Waals surface area contributed by atoms with Crippen molar-refractivity contribution in [2.24, 2.45) is 5.10 Å². The molecule has 0 aliphatic carbocycles. The lowest BCUT2D eigenvalue weighted by Gasteiger charge is -2.36. The van der Waals surface area contributed by atoms with Gasteiger partial charge in [-0.15, -0.1) is 0 Å². The molecule has 0 aromatic heterocycles. The number of nitrogens with one attached hydrogen (secondary N) is 1. The average Bonchev–Trinajstić information content (AvgIpc) is 2.56. The Hall–Kier alpha value is -2.77. The Morgan fingerprint density at radius 1 is 1.33 bits per heavy atom. The summed E-state index contributed by atoms with van der Waals surface area (Å²) in [5, 5.41) is 7.84. The highest BCUT2D eigenvalue weighted by Gasteiger charge is 2.37. The Morgan fingerprint density at radius 3 is 2.83 bits per heavy atom. The van der Waals surface area contributed by atoms with Gasteiger partial charge in [-0.25, -0.2) is 9.40 Å². The van der Waals surface area contributed by atoms with E-state index in [9.17, 15) is 18.8 Å². The van der Waals surface area contributed by atoms with Crippen LogP contribution < -0.4 is 5.32 Å². The molecule has 0 bridgehead atoms. The van der Waals surface area contributed by atoms with E-state index in [1.807, 2.05) is 0 Å². The van der Waals surface area contributed by atoms with Crippen LogP contribution in [0.5, 0.6) is 0 Å².